The van der Waals surface area contributed by atoms with Crippen molar-refractivity contribution in [1.82, 2.24) is 9.47 Å². The molecule has 1 fully saturated rings. The number of carbonyl (C=O) groups is 1. The molecule has 1 saturated heterocycles. The van der Waals surface area contributed by atoms with Crippen molar-refractivity contribution in [3.63, 3.8) is 0 Å². The lowest BCUT2D eigenvalue weighted by Crippen LogP contribution is -2.45. The molecule has 2 heterocycles. The smallest absolute Gasteiger partial charge is 0.250 e. The van der Waals surface area contributed by atoms with E-state index in [0.717, 1.165) is 34.9 Å². The van der Waals surface area contributed by atoms with Gasteiger partial charge in [0.1, 0.15) is 0 Å². The molecule has 0 saturated carbocycles. The first-order valence-electron chi connectivity index (χ1n) is 8.36. The Kier molecular flexibility index (Phi) is 5.30. The maximum Gasteiger partial charge on any atom is 0.250 e. The number of aryl methyl sites for hydroxylation is 1. The van der Waals surface area contributed by atoms with Crippen LogP contribution in [0.2, 0.25) is 0 Å². The molecule has 2 atom stereocenters. The lowest BCUT2D eigenvalue weighted by molar-refractivity contribution is -0.131. The summed E-state index contributed by atoms with van der Waals surface area (Å²) < 4.78 is 1.56. The molecule has 5 nitrogen and oxygen atoms in total. The van der Waals surface area contributed by atoms with Crippen LogP contribution in [0.4, 0.5) is 0 Å². The highest BCUT2D eigenvalue weighted by Gasteiger charge is 2.28. The van der Waals surface area contributed by atoms with Crippen LogP contribution >= 0.6 is 11.8 Å². The van der Waals surface area contributed by atoms with Gasteiger partial charge in [0.15, 0.2) is 0 Å². The molecule has 2 N–H and O–H groups in total. The van der Waals surface area contributed by atoms with E-state index in [4.69, 9.17) is 5.73 Å². The standard InChI is InChI=1S/C19H23N3O2S/c1-13(18(20)19(24)22-9-10-25-12-22)14-3-5-15(6-4-14)16-7-8-17(23)21(2)11-16/h3-8,11,13,18H,9-10,12,20H2,1-2H3/t13-,18-/m0/s1. The highest BCUT2D eigenvalue weighted by atomic mass is 32.2. The second kappa shape index (κ2) is 7.45. The summed E-state index contributed by atoms with van der Waals surface area (Å²) in [6, 6.07) is 10.9. The van der Waals surface area contributed by atoms with E-state index >= 15 is 0 Å². The predicted molar refractivity (Wildman–Crippen MR) is 103 cm³/mol. The monoisotopic (exact) mass is 357 g/mol. The van der Waals surface area contributed by atoms with E-state index in [9.17, 15) is 9.59 Å². The second-order valence-electron chi connectivity index (χ2n) is 6.44. The number of aromatic nitrogens is 1. The average Bonchev–Trinajstić information content (AvgIpc) is 3.17. The Bertz CT molecular complexity index is 810. The van der Waals surface area contributed by atoms with Crippen LogP contribution in [-0.4, -0.2) is 39.6 Å². The van der Waals surface area contributed by atoms with Gasteiger partial charge < -0.3 is 15.2 Å². The number of amides is 1. The van der Waals surface area contributed by atoms with Crippen molar-refractivity contribution < 1.29 is 4.79 Å². The fraction of sp³-hybridized carbons (Fsp3) is 0.368. The van der Waals surface area contributed by atoms with Gasteiger partial charge in [0.25, 0.3) is 0 Å². The maximum absolute atomic E-state index is 12.5. The van der Waals surface area contributed by atoms with E-state index < -0.39 is 6.04 Å². The van der Waals surface area contributed by atoms with E-state index in [2.05, 4.69) is 0 Å². The van der Waals surface area contributed by atoms with Gasteiger partial charge in [0, 0.05) is 37.5 Å². The zero-order chi connectivity index (χ0) is 18.0. The third-order valence-electron chi connectivity index (χ3n) is 4.74. The number of nitrogens with zero attached hydrogens (tertiary/aromatic N) is 2. The van der Waals surface area contributed by atoms with Crippen molar-refractivity contribution >= 4 is 17.7 Å². The minimum absolute atomic E-state index is 0.0274. The Labute approximate surface area is 151 Å². The number of pyridine rings is 1. The van der Waals surface area contributed by atoms with Gasteiger partial charge >= 0.3 is 0 Å². The summed E-state index contributed by atoms with van der Waals surface area (Å²) in [5, 5.41) is 0. The minimum Gasteiger partial charge on any atom is -0.331 e. The lowest BCUT2D eigenvalue weighted by Gasteiger charge is -2.24. The molecule has 1 aromatic carbocycles. The van der Waals surface area contributed by atoms with Crippen LogP contribution in [0.5, 0.6) is 0 Å². The van der Waals surface area contributed by atoms with Gasteiger partial charge in [-0.15, -0.1) is 11.8 Å². The first kappa shape index (κ1) is 17.8. The first-order valence-corrected chi connectivity index (χ1v) is 9.52. The van der Waals surface area contributed by atoms with Crippen molar-refractivity contribution in [1.29, 1.82) is 0 Å². The summed E-state index contributed by atoms with van der Waals surface area (Å²) >= 11 is 1.76. The molecule has 2 aromatic rings. The number of benzene rings is 1. The topological polar surface area (TPSA) is 68.3 Å². The normalized spacial score (nSPS) is 16.7. The number of hydrogen-bond donors (Lipinski definition) is 1. The summed E-state index contributed by atoms with van der Waals surface area (Å²) in [6.07, 6.45) is 1.82. The maximum atomic E-state index is 12.5. The Morgan fingerprint density at radius 3 is 2.44 bits per heavy atom. The van der Waals surface area contributed by atoms with Gasteiger partial charge in [-0.3, -0.25) is 9.59 Å². The van der Waals surface area contributed by atoms with Crippen LogP contribution in [0.3, 0.4) is 0 Å². The quantitative estimate of drug-likeness (QED) is 0.909. The van der Waals surface area contributed by atoms with Crippen LogP contribution in [-0.2, 0) is 11.8 Å². The molecule has 1 aromatic heterocycles. The van der Waals surface area contributed by atoms with Crippen molar-refractivity contribution in [2.75, 3.05) is 18.2 Å². The molecule has 25 heavy (non-hydrogen) atoms. The highest BCUT2D eigenvalue weighted by molar-refractivity contribution is 7.99. The Balaban J connectivity index is 1.75. The summed E-state index contributed by atoms with van der Waals surface area (Å²) in [7, 11) is 1.74. The van der Waals surface area contributed by atoms with Gasteiger partial charge in [0.05, 0.1) is 11.9 Å². The van der Waals surface area contributed by atoms with Crippen LogP contribution in [0.1, 0.15) is 18.4 Å². The summed E-state index contributed by atoms with van der Waals surface area (Å²) in [5.41, 5.74) is 9.25. The predicted octanol–water partition coefficient (Wildman–Crippen LogP) is 2.02. The van der Waals surface area contributed by atoms with Gasteiger partial charge in [-0.2, -0.15) is 0 Å². The van der Waals surface area contributed by atoms with E-state index in [0.29, 0.717) is 0 Å². The van der Waals surface area contributed by atoms with E-state index in [1.165, 1.54) is 0 Å². The molecule has 0 bridgehead atoms. The third kappa shape index (κ3) is 3.80. The summed E-state index contributed by atoms with van der Waals surface area (Å²) in [4.78, 5) is 25.8. The molecule has 0 unspecified atom stereocenters. The molecular formula is C19H23N3O2S. The van der Waals surface area contributed by atoms with Crippen molar-refractivity contribution in [2.45, 2.75) is 18.9 Å². The number of hydrogen-bond acceptors (Lipinski definition) is 4. The minimum atomic E-state index is -0.526. The second-order valence-corrected chi connectivity index (χ2v) is 7.52. The molecule has 1 aliphatic heterocycles. The van der Waals surface area contributed by atoms with E-state index in [1.54, 1.807) is 29.4 Å². The molecule has 1 amide bonds. The van der Waals surface area contributed by atoms with Crippen LogP contribution in [0, 0.1) is 0 Å². The molecule has 0 spiro atoms. The molecule has 6 heteroatoms. The highest BCUT2D eigenvalue weighted by Crippen LogP contribution is 2.25. The molecular weight excluding hydrogens is 334 g/mol. The fourth-order valence-electron chi connectivity index (χ4n) is 2.96. The van der Waals surface area contributed by atoms with Crippen LogP contribution < -0.4 is 11.3 Å². The van der Waals surface area contributed by atoms with Gasteiger partial charge in [-0.1, -0.05) is 31.2 Å². The zero-order valence-electron chi connectivity index (χ0n) is 14.5. The van der Waals surface area contributed by atoms with Crippen LogP contribution in [0.25, 0.3) is 11.1 Å². The molecule has 1 aliphatic rings. The molecule has 3 rings (SSSR count). The molecule has 0 aliphatic carbocycles. The van der Waals surface area contributed by atoms with Crippen molar-refractivity contribution in [3.8, 4) is 11.1 Å². The summed E-state index contributed by atoms with van der Waals surface area (Å²) in [6.45, 7) is 2.78. The SMILES string of the molecule is C[C@@H](c1ccc(-c2ccc(=O)n(C)c2)cc1)[C@H](N)C(=O)N1CCSC1. The Hall–Kier alpha value is -2.05. The van der Waals surface area contributed by atoms with Gasteiger partial charge in [-0.25, -0.2) is 0 Å². The van der Waals surface area contributed by atoms with Crippen molar-refractivity contribution in [2.24, 2.45) is 12.8 Å². The van der Waals surface area contributed by atoms with Crippen LogP contribution in [0.15, 0.2) is 47.4 Å². The Morgan fingerprint density at radius 2 is 1.84 bits per heavy atom. The average molecular weight is 357 g/mol. The zero-order valence-corrected chi connectivity index (χ0v) is 15.3. The third-order valence-corrected chi connectivity index (χ3v) is 5.71. The van der Waals surface area contributed by atoms with Crippen molar-refractivity contribution in [3.05, 3.63) is 58.5 Å². The largest absolute Gasteiger partial charge is 0.331 e. The number of carbonyl (C=O) groups excluding carboxylic acids is 1. The number of thioether (sulfide) groups is 1. The van der Waals surface area contributed by atoms with E-state index in [1.807, 2.05) is 48.4 Å². The molecule has 132 valence electrons. The number of nitrogens with two attached hydrogens (primary N) is 1. The van der Waals surface area contributed by atoms with Gasteiger partial charge in [-0.05, 0) is 22.8 Å². The van der Waals surface area contributed by atoms with Gasteiger partial charge in [0.2, 0.25) is 11.5 Å². The number of rotatable bonds is 4. The fourth-order valence-corrected chi connectivity index (χ4v) is 3.92. The first-order chi connectivity index (χ1) is 12.0. The molecule has 0 radical (unpaired) electrons. The lowest BCUT2D eigenvalue weighted by atomic mass is 9.91. The summed E-state index contributed by atoms with van der Waals surface area (Å²) in [5.74, 6) is 1.71. The Morgan fingerprint density at radius 1 is 1.16 bits per heavy atom. The van der Waals surface area contributed by atoms with E-state index in [-0.39, 0.29) is 17.4 Å².